The second-order valence-corrected chi connectivity index (χ2v) is 5.33. The minimum atomic E-state index is 0.658. The molecule has 0 fully saturated rings. The number of hydrogen-bond donors (Lipinski definition) is 1. The quantitative estimate of drug-likeness (QED) is 0.919. The molecule has 0 aliphatic carbocycles. The van der Waals surface area contributed by atoms with Crippen molar-refractivity contribution < 1.29 is 0 Å². The highest BCUT2D eigenvalue weighted by Crippen LogP contribution is 2.29. The molecule has 1 heterocycles. The zero-order valence-electron chi connectivity index (χ0n) is 12.5. The van der Waals surface area contributed by atoms with Gasteiger partial charge in [-0.1, -0.05) is 6.07 Å². The monoisotopic (exact) mass is 257 g/mol. The van der Waals surface area contributed by atoms with Crippen molar-refractivity contribution in [2.24, 2.45) is 12.8 Å². The maximum Gasteiger partial charge on any atom is 0.0957 e. The topological polar surface area (TPSA) is 43.8 Å². The van der Waals surface area contributed by atoms with Gasteiger partial charge in [0.05, 0.1) is 5.69 Å². The molecule has 1 aromatic heterocycles. The van der Waals surface area contributed by atoms with Crippen molar-refractivity contribution in [1.82, 2.24) is 9.78 Å². The molecule has 0 atom stereocenters. The molecule has 2 aromatic rings. The summed E-state index contributed by atoms with van der Waals surface area (Å²) in [5.41, 5.74) is 14.4. The van der Waals surface area contributed by atoms with E-state index in [4.69, 9.17) is 10.8 Å². The SMILES string of the molecule is Cc1cc(C)c(-c2nn(C)c(CCN)c2C)cc1C. The zero-order valence-corrected chi connectivity index (χ0v) is 12.5. The Bertz CT molecular complexity index is 609. The molecule has 102 valence electrons. The third-order valence-electron chi connectivity index (χ3n) is 3.91. The number of nitrogens with two attached hydrogens (primary N) is 1. The van der Waals surface area contributed by atoms with Gasteiger partial charge in [-0.05, 0) is 62.6 Å². The number of benzene rings is 1. The molecule has 0 aliphatic heterocycles. The van der Waals surface area contributed by atoms with Gasteiger partial charge in [-0.3, -0.25) is 4.68 Å². The molecule has 0 unspecified atom stereocenters. The van der Waals surface area contributed by atoms with E-state index in [0.717, 1.165) is 12.1 Å². The van der Waals surface area contributed by atoms with Crippen LogP contribution in [-0.4, -0.2) is 16.3 Å². The summed E-state index contributed by atoms with van der Waals surface area (Å²) in [5, 5.41) is 4.69. The van der Waals surface area contributed by atoms with Crippen molar-refractivity contribution in [3.8, 4) is 11.3 Å². The average Bonchev–Trinajstić information content (AvgIpc) is 2.62. The van der Waals surface area contributed by atoms with Gasteiger partial charge in [0.2, 0.25) is 0 Å². The van der Waals surface area contributed by atoms with Crippen molar-refractivity contribution in [2.75, 3.05) is 6.54 Å². The van der Waals surface area contributed by atoms with Crippen molar-refractivity contribution in [3.63, 3.8) is 0 Å². The molecule has 2 rings (SSSR count). The molecule has 0 amide bonds. The van der Waals surface area contributed by atoms with Crippen molar-refractivity contribution in [3.05, 3.63) is 40.1 Å². The van der Waals surface area contributed by atoms with E-state index in [1.807, 2.05) is 11.7 Å². The summed E-state index contributed by atoms with van der Waals surface area (Å²) in [5.74, 6) is 0. The van der Waals surface area contributed by atoms with Crippen LogP contribution >= 0.6 is 0 Å². The lowest BCUT2D eigenvalue weighted by molar-refractivity contribution is 0.706. The first kappa shape index (κ1) is 13.8. The van der Waals surface area contributed by atoms with E-state index in [9.17, 15) is 0 Å². The molecule has 2 N–H and O–H groups in total. The number of rotatable bonds is 3. The lowest BCUT2D eigenvalue weighted by Gasteiger charge is -2.08. The molecule has 3 nitrogen and oxygen atoms in total. The van der Waals surface area contributed by atoms with Gasteiger partial charge in [-0.25, -0.2) is 0 Å². The molecule has 0 saturated carbocycles. The van der Waals surface area contributed by atoms with Crippen LogP contribution in [0, 0.1) is 27.7 Å². The van der Waals surface area contributed by atoms with Crippen LogP contribution in [-0.2, 0) is 13.5 Å². The van der Waals surface area contributed by atoms with Crippen LogP contribution in [0.1, 0.15) is 27.9 Å². The fourth-order valence-corrected chi connectivity index (χ4v) is 2.62. The molecule has 0 bridgehead atoms. The first-order valence-corrected chi connectivity index (χ1v) is 6.76. The predicted molar refractivity (Wildman–Crippen MR) is 80.4 cm³/mol. The van der Waals surface area contributed by atoms with Crippen LogP contribution in [0.2, 0.25) is 0 Å². The normalized spacial score (nSPS) is 11.1. The predicted octanol–water partition coefficient (Wildman–Crippen LogP) is 2.82. The molecular formula is C16H23N3. The number of aromatic nitrogens is 2. The van der Waals surface area contributed by atoms with E-state index in [1.54, 1.807) is 0 Å². The zero-order chi connectivity index (χ0) is 14.2. The Morgan fingerprint density at radius 2 is 1.68 bits per heavy atom. The van der Waals surface area contributed by atoms with E-state index in [2.05, 4.69) is 39.8 Å². The summed E-state index contributed by atoms with van der Waals surface area (Å²) in [4.78, 5) is 0. The lowest BCUT2D eigenvalue weighted by Crippen LogP contribution is -2.08. The van der Waals surface area contributed by atoms with Gasteiger partial charge in [0.1, 0.15) is 0 Å². The largest absolute Gasteiger partial charge is 0.330 e. The summed E-state index contributed by atoms with van der Waals surface area (Å²) in [6.45, 7) is 9.25. The Balaban J connectivity index is 2.60. The van der Waals surface area contributed by atoms with Gasteiger partial charge >= 0.3 is 0 Å². The summed E-state index contributed by atoms with van der Waals surface area (Å²) in [7, 11) is 2.00. The Labute approximate surface area is 115 Å². The molecule has 3 heteroatoms. The van der Waals surface area contributed by atoms with E-state index in [-0.39, 0.29) is 0 Å². The van der Waals surface area contributed by atoms with E-state index in [0.29, 0.717) is 6.54 Å². The van der Waals surface area contributed by atoms with Gasteiger partial charge in [0.15, 0.2) is 0 Å². The van der Waals surface area contributed by atoms with Crippen molar-refractivity contribution in [1.29, 1.82) is 0 Å². The average molecular weight is 257 g/mol. The maximum absolute atomic E-state index is 5.68. The highest BCUT2D eigenvalue weighted by atomic mass is 15.3. The van der Waals surface area contributed by atoms with Gasteiger partial charge in [-0.2, -0.15) is 5.10 Å². The second kappa shape index (κ2) is 5.17. The summed E-state index contributed by atoms with van der Waals surface area (Å²) >= 11 is 0. The van der Waals surface area contributed by atoms with Crippen LogP contribution in [0.4, 0.5) is 0 Å². The van der Waals surface area contributed by atoms with Crippen molar-refractivity contribution >= 4 is 0 Å². The highest BCUT2D eigenvalue weighted by Gasteiger charge is 2.15. The van der Waals surface area contributed by atoms with Crippen LogP contribution < -0.4 is 5.73 Å². The molecule has 0 spiro atoms. The summed E-state index contributed by atoms with van der Waals surface area (Å²) in [6, 6.07) is 4.48. The van der Waals surface area contributed by atoms with Gasteiger partial charge < -0.3 is 5.73 Å². The smallest absolute Gasteiger partial charge is 0.0957 e. The van der Waals surface area contributed by atoms with Crippen LogP contribution in [0.3, 0.4) is 0 Å². The Hall–Kier alpha value is -1.61. The molecule has 0 aliphatic rings. The molecule has 1 aromatic carbocycles. The first-order chi connectivity index (χ1) is 8.95. The summed E-state index contributed by atoms with van der Waals surface area (Å²) in [6.07, 6.45) is 0.874. The summed E-state index contributed by atoms with van der Waals surface area (Å²) < 4.78 is 1.96. The fraction of sp³-hybridized carbons (Fsp3) is 0.438. The Morgan fingerprint density at radius 1 is 1.05 bits per heavy atom. The molecule has 19 heavy (non-hydrogen) atoms. The fourth-order valence-electron chi connectivity index (χ4n) is 2.62. The van der Waals surface area contributed by atoms with Crippen LogP contribution in [0.25, 0.3) is 11.3 Å². The van der Waals surface area contributed by atoms with Crippen LogP contribution in [0.15, 0.2) is 12.1 Å². The standard InChI is InChI=1S/C16H23N3/c1-10-8-12(3)14(9-11(10)2)16-13(4)15(6-7-17)19(5)18-16/h8-9H,6-7,17H2,1-5H3. The van der Waals surface area contributed by atoms with E-state index >= 15 is 0 Å². The van der Waals surface area contributed by atoms with Gasteiger partial charge in [-0.15, -0.1) is 0 Å². The number of hydrogen-bond acceptors (Lipinski definition) is 2. The number of aryl methyl sites for hydroxylation is 4. The first-order valence-electron chi connectivity index (χ1n) is 6.76. The highest BCUT2D eigenvalue weighted by molar-refractivity contribution is 5.69. The number of nitrogens with zero attached hydrogens (tertiary/aromatic N) is 2. The minimum Gasteiger partial charge on any atom is -0.330 e. The molecule has 0 saturated heterocycles. The van der Waals surface area contributed by atoms with E-state index in [1.165, 1.54) is 33.5 Å². The molecular weight excluding hydrogens is 234 g/mol. The minimum absolute atomic E-state index is 0.658. The third kappa shape index (κ3) is 2.43. The lowest BCUT2D eigenvalue weighted by atomic mass is 9.96. The van der Waals surface area contributed by atoms with Crippen molar-refractivity contribution in [2.45, 2.75) is 34.1 Å². The van der Waals surface area contributed by atoms with Crippen LogP contribution in [0.5, 0.6) is 0 Å². The second-order valence-electron chi connectivity index (χ2n) is 5.33. The maximum atomic E-state index is 5.68. The third-order valence-corrected chi connectivity index (χ3v) is 3.91. The molecule has 0 radical (unpaired) electrons. The van der Waals surface area contributed by atoms with E-state index < -0.39 is 0 Å². The van der Waals surface area contributed by atoms with Gasteiger partial charge in [0, 0.05) is 24.7 Å². The van der Waals surface area contributed by atoms with Gasteiger partial charge in [0.25, 0.3) is 0 Å². The Kier molecular flexibility index (Phi) is 3.76. The Morgan fingerprint density at radius 3 is 2.32 bits per heavy atom.